The first kappa shape index (κ1) is 16.7. The lowest BCUT2D eigenvalue weighted by atomic mass is 10.1. The van der Waals surface area contributed by atoms with Crippen LogP contribution in [0.25, 0.3) is 16.7 Å². The predicted octanol–water partition coefficient (Wildman–Crippen LogP) is 1.94. The first-order valence-corrected chi connectivity index (χ1v) is 9.58. The van der Waals surface area contributed by atoms with Crippen LogP contribution in [-0.2, 0) is 0 Å². The molecule has 0 fully saturated rings. The number of aromatic nitrogens is 5. The summed E-state index contributed by atoms with van der Waals surface area (Å²) in [6.07, 6.45) is 0. The topological polar surface area (TPSA) is 97.9 Å². The number of aryl methyl sites for hydroxylation is 1. The summed E-state index contributed by atoms with van der Waals surface area (Å²) in [5.74, 6) is 0.796. The van der Waals surface area contributed by atoms with Gasteiger partial charge in [-0.2, -0.15) is 14.5 Å². The van der Waals surface area contributed by atoms with Crippen molar-refractivity contribution < 1.29 is 0 Å². The van der Waals surface area contributed by atoms with E-state index in [2.05, 4.69) is 20.4 Å². The number of nitrogens with one attached hydrogen (secondary N) is 1. The molecule has 2 aromatic heterocycles. The normalized spacial score (nSPS) is 13.4. The van der Waals surface area contributed by atoms with Crippen LogP contribution in [0.4, 0.5) is 0 Å². The lowest BCUT2D eigenvalue weighted by molar-refractivity contribution is 0.670. The highest BCUT2D eigenvalue weighted by atomic mass is 32.2. The maximum absolute atomic E-state index is 12.9. The quantitative estimate of drug-likeness (QED) is 0.564. The highest BCUT2D eigenvalue weighted by molar-refractivity contribution is 7.99. The Morgan fingerprint density at radius 1 is 1.00 bits per heavy atom. The Morgan fingerprint density at radius 3 is 2.54 bits per heavy atom. The molecule has 2 aromatic carbocycles. The van der Waals surface area contributed by atoms with Gasteiger partial charge in [0.15, 0.2) is 0 Å². The summed E-state index contributed by atoms with van der Waals surface area (Å²) in [4.78, 5) is 25.3. The van der Waals surface area contributed by atoms with Gasteiger partial charge >= 0.3 is 0 Å². The maximum atomic E-state index is 12.9. The molecule has 1 aliphatic rings. The first-order chi connectivity index (χ1) is 13.6. The molecule has 0 unspecified atom stereocenters. The zero-order chi connectivity index (χ0) is 19.3. The molecule has 0 spiro atoms. The minimum Gasteiger partial charge on any atom is -0.267 e. The van der Waals surface area contributed by atoms with Crippen molar-refractivity contribution in [2.24, 2.45) is 5.10 Å². The van der Waals surface area contributed by atoms with Crippen molar-refractivity contribution in [3.63, 3.8) is 0 Å². The molecule has 3 heterocycles. The average Bonchev–Trinajstić information content (AvgIpc) is 3.14. The third-order valence-corrected chi connectivity index (χ3v) is 5.49. The fraction of sp³-hybridized carbons (Fsp3) is 0.105. The lowest BCUT2D eigenvalue weighted by Crippen LogP contribution is -2.30. The van der Waals surface area contributed by atoms with Gasteiger partial charge in [0.2, 0.25) is 5.16 Å². The van der Waals surface area contributed by atoms with Gasteiger partial charge < -0.3 is 0 Å². The van der Waals surface area contributed by atoms with E-state index in [0.29, 0.717) is 21.7 Å². The summed E-state index contributed by atoms with van der Waals surface area (Å²) >= 11 is 1.48. The first-order valence-electron chi connectivity index (χ1n) is 8.59. The largest absolute Gasteiger partial charge is 0.280 e. The van der Waals surface area contributed by atoms with Gasteiger partial charge in [-0.25, -0.2) is 0 Å². The van der Waals surface area contributed by atoms with Crippen LogP contribution < -0.4 is 11.1 Å². The fourth-order valence-electron chi connectivity index (χ4n) is 3.09. The van der Waals surface area contributed by atoms with E-state index in [4.69, 9.17) is 0 Å². The standard InChI is InChI=1S/C19H14N6O2S/c1-11-6-8-12(9-7-11)15-10-28-19-21-20-18(25(19)22-15)24-17(27)14-5-3-2-4-13(14)16(26)23-24/h2-9H,10H2,1H3,(H,23,26). The molecule has 9 heteroatoms. The van der Waals surface area contributed by atoms with E-state index in [-0.39, 0.29) is 17.1 Å². The van der Waals surface area contributed by atoms with Crippen molar-refractivity contribution in [3.05, 3.63) is 80.4 Å². The average molecular weight is 390 g/mol. The van der Waals surface area contributed by atoms with Gasteiger partial charge in [0.25, 0.3) is 17.1 Å². The van der Waals surface area contributed by atoms with Gasteiger partial charge in [0.05, 0.1) is 16.5 Å². The Morgan fingerprint density at radius 2 is 1.75 bits per heavy atom. The smallest absolute Gasteiger partial charge is 0.267 e. The molecule has 0 saturated carbocycles. The molecular weight excluding hydrogens is 376 g/mol. The van der Waals surface area contributed by atoms with Crippen molar-refractivity contribution in [2.75, 3.05) is 5.75 Å². The van der Waals surface area contributed by atoms with Crippen LogP contribution >= 0.6 is 11.8 Å². The second-order valence-corrected chi connectivity index (χ2v) is 7.37. The van der Waals surface area contributed by atoms with Gasteiger partial charge in [0.1, 0.15) is 0 Å². The molecular formula is C19H14N6O2S. The molecule has 0 saturated heterocycles. The number of hydrogen-bond donors (Lipinski definition) is 1. The second kappa shape index (κ2) is 6.31. The fourth-order valence-corrected chi connectivity index (χ4v) is 3.92. The van der Waals surface area contributed by atoms with Crippen LogP contribution in [0.1, 0.15) is 11.1 Å². The zero-order valence-corrected chi connectivity index (χ0v) is 15.6. The van der Waals surface area contributed by atoms with Gasteiger partial charge in [0, 0.05) is 5.75 Å². The second-order valence-electron chi connectivity index (χ2n) is 6.42. The summed E-state index contributed by atoms with van der Waals surface area (Å²) in [7, 11) is 0. The van der Waals surface area contributed by atoms with Crippen LogP contribution in [0.15, 0.2) is 68.4 Å². The number of fused-ring (bicyclic) bond motifs is 2. The molecule has 1 aliphatic heterocycles. The van der Waals surface area contributed by atoms with E-state index < -0.39 is 0 Å². The lowest BCUT2D eigenvalue weighted by Gasteiger charge is -2.14. The van der Waals surface area contributed by atoms with E-state index >= 15 is 0 Å². The summed E-state index contributed by atoms with van der Waals surface area (Å²) in [5.41, 5.74) is 2.24. The molecule has 1 N–H and O–H groups in total. The van der Waals surface area contributed by atoms with E-state index in [9.17, 15) is 9.59 Å². The minimum atomic E-state index is -0.381. The molecule has 0 radical (unpaired) electrons. The number of thioether (sulfide) groups is 1. The molecule has 5 rings (SSSR count). The highest BCUT2D eigenvalue weighted by Crippen LogP contribution is 2.25. The molecule has 0 atom stereocenters. The van der Waals surface area contributed by atoms with E-state index in [1.54, 1.807) is 24.3 Å². The third kappa shape index (κ3) is 2.59. The Balaban J connectivity index is 1.70. The van der Waals surface area contributed by atoms with Crippen LogP contribution in [0, 0.1) is 6.92 Å². The van der Waals surface area contributed by atoms with E-state index in [1.165, 1.54) is 22.0 Å². The Bertz CT molecular complexity index is 1360. The summed E-state index contributed by atoms with van der Waals surface area (Å²) < 4.78 is 2.60. The molecule has 28 heavy (non-hydrogen) atoms. The molecule has 0 amide bonds. The van der Waals surface area contributed by atoms with Gasteiger partial charge in [-0.15, -0.1) is 10.2 Å². The van der Waals surface area contributed by atoms with Crippen molar-refractivity contribution in [1.82, 2.24) is 24.7 Å². The number of rotatable bonds is 2. The van der Waals surface area contributed by atoms with Crippen LogP contribution in [0.3, 0.4) is 0 Å². The molecule has 8 nitrogen and oxygen atoms in total. The monoisotopic (exact) mass is 390 g/mol. The van der Waals surface area contributed by atoms with Crippen molar-refractivity contribution in [1.29, 1.82) is 0 Å². The van der Waals surface area contributed by atoms with E-state index in [1.807, 2.05) is 31.2 Å². The summed E-state index contributed by atoms with van der Waals surface area (Å²) in [6, 6.07) is 14.7. The number of benzene rings is 2. The van der Waals surface area contributed by atoms with Crippen LogP contribution in [-0.4, -0.2) is 36.1 Å². The Kier molecular flexibility index (Phi) is 3.76. The van der Waals surface area contributed by atoms with Crippen molar-refractivity contribution in [2.45, 2.75) is 12.1 Å². The highest BCUT2D eigenvalue weighted by Gasteiger charge is 2.22. The van der Waals surface area contributed by atoms with Gasteiger partial charge in [-0.3, -0.25) is 14.7 Å². The van der Waals surface area contributed by atoms with Gasteiger partial charge in [-0.1, -0.05) is 53.7 Å². The number of hydrogen-bond acceptors (Lipinski definition) is 6. The molecule has 4 aromatic rings. The van der Waals surface area contributed by atoms with Crippen molar-refractivity contribution in [3.8, 4) is 5.95 Å². The Hall–Kier alpha value is -3.46. The summed E-state index contributed by atoms with van der Waals surface area (Å²) in [6.45, 7) is 2.03. The summed E-state index contributed by atoms with van der Waals surface area (Å²) in [5, 5.41) is 16.6. The Labute approximate surface area is 162 Å². The van der Waals surface area contributed by atoms with Crippen LogP contribution in [0.2, 0.25) is 0 Å². The third-order valence-electron chi connectivity index (χ3n) is 4.56. The predicted molar refractivity (Wildman–Crippen MR) is 108 cm³/mol. The number of H-pyrrole nitrogens is 1. The van der Waals surface area contributed by atoms with Crippen molar-refractivity contribution >= 4 is 28.2 Å². The van der Waals surface area contributed by atoms with Crippen LogP contribution in [0.5, 0.6) is 0 Å². The zero-order valence-electron chi connectivity index (χ0n) is 14.8. The SMILES string of the molecule is Cc1ccc(C2=Nn3c(nnc3-n3[nH]c(=O)c4ccccc4c3=O)SC2)cc1. The van der Waals surface area contributed by atoms with E-state index in [0.717, 1.165) is 16.0 Å². The minimum absolute atomic E-state index is 0.152. The molecule has 0 bridgehead atoms. The molecule has 0 aliphatic carbocycles. The maximum Gasteiger partial charge on any atom is 0.280 e. The molecule has 138 valence electrons. The number of aromatic amines is 1. The number of nitrogens with zero attached hydrogens (tertiary/aromatic N) is 5. The van der Waals surface area contributed by atoms with Gasteiger partial charge in [-0.05, 0) is 24.6 Å².